The smallest absolute Gasteiger partial charge is 0.311 e. The van der Waals surface area contributed by atoms with Crippen LogP contribution in [0.4, 0.5) is 0 Å². The van der Waals surface area contributed by atoms with Crippen molar-refractivity contribution in [3.63, 3.8) is 0 Å². The van der Waals surface area contributed by atoms with E-state index in [1.54, 1.807) is 17.4 Å². The van der Waals surface area contributed by atoms with Gasteiger partial charge in [-0.3, -0.25) is 19.3 Å². The third-order valence-electron chi connectivity index (χ3n) is 6.14. The van der Waals surface area contributed by atoms with Crippen LogP contribution in [0, 0.1) is 5.92 Å². The van der Waals surface area contributed by atoms with Crippen LogP contribution in [0.15, 0.2) is 49.2 Å². The predicted octanol–water partition coefficient (Wildman–Crippen LogP) is 3.28. The van der Waals surface area contributed by atoms with Gasteiger partial charge in [-0.25, -0.2) is 10.0 Å². The summed E-state index contributed by atoms with van der Waals surface area (Å²) in [6.07, 6.45) is 4.97. The molecule has 0 bridgehead atoms. The van der Waals surface area contributed by atoms with E-state index < -0.39 is 11.5 Å². The Hall–Kier alpha value is -2.55. The third kappa shape index (κ3) is 4.28. The number of hydrogen-bond acceptors (Lipinski definition) is 7. The molecule has 0 saturated carbocycles. The molecule has 2 saturated heterocycles. The van der Waals surface area contributed by atoms with Crippen LogP contribution in [0.1, 0.15) is 24.1 Å². The number of nitrogens with zero attached hydrogens (tertiary/aromatic N) is 3. The molecule has 164 valence electrons. The first kappa shape index (κ1) is 21.7. The van der Waals surface area contributed by atoms with Crippen LogP contribution in [0.5, 0.6) is 0 Å². The van der Waals surface area contributed by atoms with Gasteiger partial charge >= 0.3 is 5.97 Å². The Labute approximate surface area is 186 Å². The average molecular weight is 442 g/mol. The molecular formula is C23H27N3O4S. The largest absolute Gasteiger partial charge is 0.469 e. The van der Waals surface area contributed by atoms with Gasteiger partial charge in [-0.2, -0.15) is 0 Å². The van der Waals surface area contributed by atoms with Crippen molar-refractivity contribution in [1.82, 2.24) is 14.9 Å². The highest BCUT2D eigenvalue weighted by Crippen LogP contribution is 2.44. The molecule has 2 aromatic rings. The molecule has 4 rings (SSSR count). The summed E-state index contributed by atoms with van der Waals surface area (Å²) >= 11 is 1.70. The fraction of sp³-hybridized carbons (Fsp3) is 0.435. The quantitative estimate of drug-likeness (QED) is 0.485. The molecule has 1 unspecified atom stereocenters. The van der Waals surface area contributed by atoms with Gasteiger partial charge in [0, 0.05) is 42.7 Å². The number of benzene rings is 1. The van der Waals surface area contributed by atoms with E-state index in [4.69, 9.17) is 9.57 Å². The number of piperidine rings is 1. The highest BCUT2D eigenvalue weighted by atomic mass is 32.1. The Morgan fingerprint density at radius 1 is 1.32 bits per heavy atom. The van der Waals surface area contributed by atoms with E-state index in [1.807, 2.05) is 24.4 Å². The molecule has 1 aromatic heterocycles. The van der Waals surface area contributed by atoms with E-state index in [2.05, 4.69) is 28.6 Å². The number of likely N-dealkylation sites (tertiary alicyclic amines) is 1. The van der Waals surface area contributed by atoms with E-state index >= 15 is 0 Å². The Balaban J connectivity index is 1.45. The molecule has 0 radical (unpaired) electrons. The first-order chi connectivity index (χ1) is 15.1. The zero-order valence-electron chi connectivity index (χ0n) is 17.7. The number of aromatic nitrogens is 1. The van der Waals surface area contributed by atoms with E-state index in [0.29, 0.717) is 12.8 Å². The van der Waals surface area contributed by atoms with Crippen LogP contribution in [-0.2, 0) is 25.7 Å². The Morgan fingerprint density at radius 3 is 2.74 bits per heavy atom. The number of hydrogen-bond donors (Lipinski definition) is 0. The fourth-order valence-electron chi connectivity index (χ4n) is 4.58. The molecule has 1 atom stereocenters. The molecule has 0 aliphatic carbocycles. The lowest BCUT2D eigenvalue weighted by Gasteiger charge is -2.45. The Morgan fingerprint density at radius 2 is 2.06 bits per heavy atom. The number of carbonyl (C=O) groups is 2. The second kappa shape index (κ2) is 9.30. The van der Waals surface area contributed by atoms with Crippen LogP contribution in [0.3, 0.4) is 0 Å². The van der Waals surface area contributed by atoms with Gasteiger partial charge in [0.2, 0.25) is 5.91 Å². The number of hydroxylamine groups is 2. The van der Waals surface area contributed by atoms with Gasteiger partial charge in [0.05, 0.1) is 25.2 Å². The van der Waals surface area contributed by atoms with Crippen LogP contribution < -0.4 is 0 Å². The topological polar surface area (TPSA) is 72.0 Å². The zero-order chi connectivity index (χ0) is 21.8. The second-order valence-corrected chi connectivity index (χ2v) is 9.05. The molecule has 3 heterocycles. The summed E-state index contributed by atoms with van der Waals surface area (Å²) in [4.78, 5) is 38.9. The monoisotopic (exact) mass is 441 g/mol. The van der Waals surface area contributed by atoms with Gasteiger partial charge in [0.1, 0.15) is 5.01 Å². The number of esters is 1. The summed E-state index contributed by atoms with van der Waals surface area (Å²) in [5.74, 6) is -1.02. The van der Waals surface area contributed by atoms with Crippen LogP contribution >= 0.6 is 11.3 Å². The number of methoxy groups -OCH3 is 1. The molecule has 1 aromatic carbocycles. The maximum atomic E-state index is 12.6. The predicted molar refractivity (Wildman–Crippen MR) is 118 cm³/mol. The van der Waals surface area contributed by atoms with Gasteiger partial charge in [-0.1, -0.05) is 36.4 Å². The molecule has 2 fully saturated rings. The fourth-order valence-corrected chi connectivity index (χ4v) is 5.54. The summed E-state index contributed by atoms with van der Waals surface area (Å²) in [5, 5.41) is 2.45. The summed E-state index contributed by atoms with van der Waals surface area (Å²) in [7, 11) is 1.37. The number of thiazole rings is 1. The molecule has 2 aliphatic rings. The summed E-state index contributed by atoms with van der Waals surface area (Å²) in [6, 6.07) is 10.2. The molecule has 1 amide bonds. The number of ether oxygens (including phenoxy) is 1. The molecule has 7 nitrogen and oxygen atoms in total. The Kier molecular flexibility index (Phi) is 6.50. The molecule has 0 N–H and O–H groups in total. The van der Waals surface area contributed by atoms with Gasteiger partial charge < -0.3 is 4.74 Å². The first-order valence-electron chi connectivity index (χ1n) is 10.4. The molecular weight excluding hydrogens is 414 g/mol. The zero-order valence-corrected chi connectivity index (χ0v) is 18.5. The lowest BCUT2D eigenvalue weighted by Crippen LogP contribution is -2.57. The molecule has 31 heavy (non-hydrogen) atoms. The van der Waals surface area contributed by atoms with Crippen molar-refractivity contribution < 1.29 is 19.2 Å². The maximum absolute atomic E-state index is 12.6. The van der Waals surface area contributed by atoms with Gasteiger partial charge in [0.15, 0.2) is 0 Å². The first-order valence-corrected chi connectivity index (χ1v) is 11.3. The van der Waals surface area contributed by atoms with Crippen LogP contribution in [0.2, 0.25) is 0 Å². The lowest BCUT2D eigenvalue weighted by molar-refractivity contribution is -0.218. The van der Waals surface area contributed by atoms with Crippen molar-refractivity contribution in [1.29, 1.82) is 0 Å². The van der Waals surface area contributed by atoms with E-state index in [1.165, 1.54) is 17.1 Å². The standard InChI is InChI=1S/C23H27N3O4S/c1-3-13-30-26-20(27)14-19(22(28)29-2)23(26)9-11-25(12-10-23)16-18-15-24-21(31-18)17-7-5-4-6-8-17/h3-8,15,19H,1,9-14,16H2,2H3. The summed E-state index contributed by atoms with van der Waals surface area (Å²) in [5.41, 5.74) is 0.462. The number of carbonyl (C=O) groups excluding carboxylic acids is 2. The van der Waals surface area contributed by atoms with Gasteiger partial charge in [-0.15, -0.1) is 17.9 Å². The summed E-state index contributed by atoms with van der Waals surface area (Å²) < 4.78 is 5.02. The highest BCUT2D eigenvalue weighted by Gasteiger charge is 2.58. The number of amides is 1. The second-order valence-electron chi connectivity index (χ2n) is 7.93. The molecule has 8 heteroatoms. The van der Waals surface area contributed by atoms with Crippen molar-refractivity contribution in [2.24, 2.45) is 5.92 Å². The highest BCUT2D eigenvalue weighted by molar-refractivity contribution is 7.15. The van der Waals surface area contributed by atoms with Crippen molar-refractivity contribution in [2.75, 3.05) is 26.8 Å². The minimum Gasteiger partial charge on any atom is -0.469 e. The normalized spacial score (nSPS) is 20.9. The minimum atomic E-state index is -0.660. The SMILES string of the molecule is C=CCON1C(=O)CC(C(=O)OC)C12CCN(Cc1cnc(-c3ccccc3)s1)CC2. The van der Waals surface area contributed by atoms with E-state index in [-0.39, 0.29) is 24.9 Å². The van der Waals surface area contributed by atoms with Crippen molar-refractivity contribution >= 4 is 23.2 Å². The number of rotatable bonds is 7. The van der Waals surface area contributed by atoms with E-state index in [0.717, 1.165) is 30.2 Å². The van der Waals surface area contributed by atoms with Crippen LogP contribution in [-0.4, -0.2) is 59.2 Å². The van der Waals surface area contributed by atoms with Crippen LogP contribution in [0.25, 0.3) is 10.6 Å². The summed E-state index contributed by atoms with van der Waals surface area (Å²) in [6.45, 7) is 6.21. The molecule has 1 spiro atoms. The van der Waals surface area contributed by atoms with Crippen molar-refractivity contribution in [3.8, 4) is 10.6 Å². The average Bonchev–Trinajstić information content (AvgIpc) is 3.37. The van der Waals surface area contributed by atoms with Gasteiger partial charge in [0.25, 0.3) is 0 Å². The molecule has 2 aliphatic heterocycles. The Bertz CT molecular complexity index is 937. The third-order valence-corrected chi connectivity index (χ3v) is 7.17. The van der Waals surface area contributed by atoms with Crippen molar-refractivity contribution in [3.05, 3.63) is 54.1 Å². The van der Waals surface area contributed by atoms with Gasteiger partial charge in [-0.05, 0) is 12.8 Å². The lowest BCUT2D eigenvalue weighted by atomic mass is 9.77. The van der Waals surface area contributed by atoms with E-state index in [9.17, 15) is 9.59 Å². The maximum Gasteiger partial charge on any atom is 0.311 e. The minimum absolute atomic E-state index is 0.124. The van der Waals surface area contributed by atoms with Crippen molar-refractivity contribution in [2.45, 2.75) is 31.3 Å².